The SMILES string of the molecule is Cl.Cl.FC[C@H](c1ccc(Cl)cc1F)N1CCNCC1. The van der Waals surface area contributed by atoms with Crippen LogP contribution in [0.4, 0.5) is 8.78 Å². The van der Waals surface area contributed by atoms with Crippen LogP contribution >= 0.6 is 36.4 Å². The number of piperazine rings is 1. The second-order valence-electron chi connectivity index (χ2n) is 4.12. The Morgan fingerprint density at radius 3 is 2.42 bits per heavy atom. The predicted molar refractivity (Wildman–Crippen MR) is 79.1 cm³/mol. The smallest absolute Gasteiger partial charge is 0.129 e. The molecule has 19 heavy (non-hydrogen) atoms. The summed E-state index contributed by atoms with van der Waals surface area (Å²) < 4.78 is 26.9. The topological polar surface area (TPSA) is 15.3 Å². The maximum Gasteiger partial charge on any atom is 0.129 e. The van der Waals surface area contributed by atoms with Gasteiger partial charge in [-0.3, -0.25) is 4.90 Å². The first-order valence-corrected chi connectivity index (χ1v) is 6.06. The third-order valence-electron chi connectivity index (χ3n) is 3.06. The minimum atomic E-state index is -0.585. The van der Waals surface area contributed by atoms with Gasteiger partial charge in [-0.15, -0.1) is 24.8 Å². The molecular formula is C12H17Cl3F2N2. The normalized spacial score (nSPS) is 17.2. The second kappa shape index (κ2) is 8.93. The molecule has 1 N–H and O–H groups in total. The summed E-state index contributed by atoms with van der Waals surface area (Å²) in [5.41, 5.74) is 0.388. The first kappa shape index (κ1) is 18.9. The molecule has 0 saturated carbocycles. The van der Waals surface area contributed by atoms with Crippen LogP contribution < -0.4 is 5.32 Å². The van der Waals surface area contributed by atoms with Crippen LogP contribution in [-0.4, -0.2) is 37.8 Å². The van der Waals surface area contributed by atoms with Crippen molar-refractivity contribution in [1.82, 2.24) is 10.2 Å². The van der Waals surface area contributed by atoms with E-state index in [-0.39, 0.29) is 24.8 Å². The fraction of sp³-hybridized carbons (Fsp3) is 0.500. The molecule has 0 aromatic heterocycles. The van der Waals surface area contributed by atoms with Gasteiger partial charge in [0.1, 0.15) is 12.5 Å². The van der Waals surface area contributed by atoms with Gasteiger partial charge in [0.15, 0.2) is 0 Å². The molecular weight excluding hydrogens is 317 g/mol. The zero-order valence-electron chi connectivity index (χ0n) is 10.2. The minimum Gasteiger partial charge on any atom is -0.314 e. The first-order chi connectivity index (χ1) is 8.22. The summed E-state index contributed by atoms with van der Waals surface area (Å²) in [4.78, 5) is 1.96. The fourth-order valence-electron chi connectivity index (χ4n) is 2.14. The maximum absolute atomic E-state index is 13.7. The molecule has 1 saturated heterocycles. The Morgan fingerprint density at radius 2 is 1.89 bits per heavy atom. The van der Waals surface area contributed by atoms with Crippen molar-refractivity contribution in [3.8, 4) is 0 Å². The van der Waals surface area contributed by atoms with Crippen LogP contribution in [0.1, 0.15) is 11.6 Å². The summed E-state index contributed by atoms with van der Waals surface area (Å²) in [5.74, 6) is -0.432. The summed E-state index contributed by atoms with van der Waals surface area (Å²) >= 11 is 5.69. The van der Waals surface area contributed by atoms with E-state index in [4.69, 9.17) is 11.6 Å². The lowest BCUT2D eigenvalue weighted by atomic mass is 10.0. The van der Waals surface area contributed by atoms with Crippen molar-refractivity contribution in [2.45, 2.75) is 6.04 Å². The lowest BCUT2D eigenvalue weighted by Gasteiger charge is -2.33. The number of benzene rings is 1. The fourth-order valence-corrected chi connectivity index (χ4v) is 2.30. The molecule has 1 fully saturated rings. The highest BCUT2D eigenvalue weighted by molar-refractivity contribution is 6.30. The molecule has 1 aromatic rings. The summed E-state index contributed by atoms with van der Waals surface area (Å²) in [7, 11) is 0. The van der Waals surface area contributed by atoms with Gasteiger partial charge < -0.3 is 5.32 Å². The Balaban J connectivity index is 0.00000162. The van der Waals surface area contributed by atoms with Crippen LogP contribution in [-0.2, 0) is 0 Å². The largest absolute Gasteiger partial charge is 0.314 e. The lowest BCUT2D eigenvalue weighted by Crippen LogP contribution is -2.45. The van der Waals surface area contributed by atoms with Gasteiger partial charge in [0, 0.05) is 36.8 Å². The van der Waals surface area contributed by atoms with E-state index in [0.717, 1.165) is 26.2 Å². The van der Waals surface area contributed by atoms with Crippen molar-refractivity contribution in [3.63, 3.8) is 0 Å². The molecule has 0 unspecified atom stereocenters. The molecule has 0 spiro atoms. The summed E-state index contributed by atoms with van der Waals surface area (Å²) in [6.45, 7) is 2.50. The zero-order chi connectivity index (χ0) is 12.3. The molecule has 0 aliphatic carbocycles. The Labute approximate surface area is 129 Å². The third kappa shape index (κ3) is 4.72. The molecule has 0 bridgehead atoms. The van der Waals surface area contributed by atoms with Gasteiger partial charge in [0.05, 0.1) is 6.04 Å². The molecule has 1 atom stereocenters. The van der Waals surface area contributed by atoms with Crippen molar-refractivity contribution in [2.75, 3.05) is 32.9 Å². The number of nitrogens with one attached hydrogen (secondary N) is 1. The molecule has 110 valence electrons. The number of hydrogen-bond acceptors (Lipinski definition) is 2. The van der Waals surface area contributed by atoms with Gasteiger partial charge in [-0.05, 0) is 12.1 Å². The molecule has 2 nitrogen and oxygen atoms in total. The zero-order valence-corrected chi connectivity index (χ0v) is 12.6. The molecule has 0 radical (unpaired) electrons. The number of rotatable bonds is 3. The Morgan fingerprint density at radius 1 is 1.26 bits per heavy atom. The van der Waals surface area contributed by atoms with Crippen molar-refractivity contribution >= 4 is 36.4 Å². The third-order valence-corrected chi connectivity index (χ3v) is 3.30. The van der Waals surface area contributed by atoms with E-state index in [1.165, 1.54) is 6.07 Å². The number of halogens is 5. The Hall–Kier alpha value is -0.130. The van der Waals surface area contributed by atoms with Crippen LogP contribution in [0.2, 0.25) is 5.02 Å². The summed E-state index contributed by atoms with van der Waals surface area (Å²) in [6.07, 6.45) is 0. The molecule has 1 aromatic carbocycles. The van der Waals surface area contributed by atoms with Gasteiger partial charge >= 0.3 is 0 Å². The van der Waals surface area contributed by atoms with Crippen molar-refractivity contribution < 1.29 is 8.78 Å². The summed E-state index contributed by atoms with van der Waals surface area (Å²) in [5, 5.41) is 3.53. The highest BCUT2D eigenvalue weighted by atomic mass is 35.5. The second-order valence-corrected chi connectivity index (χ2v) is 4.56. The first-order valence-electron chi connectivity index (χ1n) is 5.68. The quantitative estimate of drug-likeness (QED) is 0.913. The van der Waals surface area contributed by atoms with Crippen LogP contribution in [0.5, 0.6) is 0 Å². The van der Waals surface area contributed by atoms with Gasteiger partial charge in [-0.2, -0.15) is 0 Å². The average molecular weight is 334 g/mol. The van der Waals surface area contributed by atoms with E-state index in [0.29, 0.717) is 10.6 Å². The van der Waals surface area contributed by atoms with Gasteiger partial charge in [-0.25, -0.2) is 8.78 Å². The van der Waals surface area contributed by atoms with Crippen LogP contribution in [0.3, 0.4) is 0 Å². The van der Waals surface area contributed by atoms with Crippen LogP contribution in [0, 0.1) is 5.82 Å². The number of alkyl halides is 1. The number of nitrogens with zero attached hydrogens (tertiary/aromatic N) is 1. The highest BCUT2D eigenvalue weighted by Crippen LogP contribution is 2.26. The van der Waals surface area contributed by atoms with E-state index in [2.05, 4.69) is 5.32 Å². The van der Waals surface area contributed by atoms with E-state index in [1.807, 2.05) is 4.90 Å². The van der Waals surface area contributed by atoms with E-state index >= 15 is 0 Å². The molecule has 1 heterocycles. The predicted octanol–water partition coefficient (Wildman–Crippen LogP) is 3.24. The highest BCUT2D eigenvalue weighted by Gasteiger charge is 2.24. The Kier molecular flexibility index (Phi) is 8.86. The minimum absolute atomic E-state index is 0. The van der Waals surface area contributed by atoms with E-state index in [9.17, 15) is 8.78 Å². The van der Waals surface area contributed by atoms with E-state index < -0.39 is 18.5 Å². The maximum atomic E-state index is 13.7. The van der Waals surface area contributed by atoms with Crippen molar-refractivity contribution in [1.29, 1.82) is 0 Å². The average Bonchev–Trinajstić information content (AvgIpc) is 2.34. The van der Waals surface area contributed by atoms with Gasteiger partial charge in [0.25, 0.3) is 0 Å². The van der Waals surface area contributed by atoms with Gasteiger partial charge in [-0.1, -0.05) is 17.7 Å². The number of hydrogen-bond donors (Lipinski definition) is 1. The molecule has 7 heteroatoms. The monoisotopic (exact) mass is 332 g/mol. The molecule has 1 aliphatic heterocycles. The van der Waals surface area contributed by atoms with Crippen LogP contribution in [0.15, 0.2) is 18.2 Å². The lowest BCUT2D eigenvalue weighted by molar-refractivity contribution is 0.144. The van der Waals surface area contributed by atoms with E-state index in [1.54, 1.807) is 12.1 Å². The summed E-state index contributed by atoms with van der Waals surface area (Å²) in [6, 6.07) is 3.91. The van der Waals surface area contributed by atoms with Crippen LogP contribution in [0.25, 0.3) is 0 Å². The van der Waals surface area contributed by atoms with Gasteiger partial charge in [0.2, 0.25) is 0 Å². The molecule has 0 amide bonds. The standard InChI is InChI=1S/C12H15ClF2N2.2ClH/c13-9-1-2-10(11(15)7-9)12(8-14)17-5-3-16-4-6-17;;/h1-2,7,12,16H,3-6,8H2;2*1H/t12-;;/m1../s1. The van der Waals surface area contributed by atoms with Crippen molar-refractivity contribution in [2.24, 2.45) is 0 Å². The molecule has 2 rings (SSSR count). The Bertz CT molecular complexity index is 387. The molecule has 1 aliphatic rings. The van der Waals surface area contributed by atoms with Crippen molar-refractivity contribution in [3.05, 3.63) is 34.6 Å².